The number of aromatic nitrogens is 2. The van der Waals surface area contributed by atoms with Crippen molar-refractivity contribution in [3.8, 4) is 23.3 Å². The second kappa shape index (κ2) is 15.2. The van der Waals surface area contributed by atoms with E-state index in [9.17, 15) is 14.7 Å². The van der Waals surface area contributed by atoms with Crippen LogP contribution in [0.15, 0.2) is 94.6 Å². The van der Waals surface area contributed by atoms with Gasteiger partial charge in [0, 0.05) is 12.6 Å². The summed E-state index contributed by atoms with van der Waals surface area (Å²) in [6, 6.07) is 25.1. The van der Waals surface area contributed by atoms with Gasteiger partial charge in [0.05, 0.1) is 33.5 Å². The number of ether oxygens (including phenoxy) is 4. The molecule has 1 fully saturated rings. The molecule has 1 saturated heterocycles. The Balaban J connectivity index is 1.43. The maximum Gasteiger partial charge on any atom is 0.330 e. The summed E-state index contributed by atoms with van der Waals surface area (Å²) in [5.41, 5.74) is 0.237. The van der Waals surface area contributed by atoms with Crippen LogP contribution >= 0.6 is 0 Å². The van der Waals surface area contributed by atoms with E-state index in [4.69, 9.17) is 23.4 Å². The number of nitrogens with one attached hydrogen (secondary N) is 1. The number of H-pyrrole nitrogens is 1. The van der Waals surface area contributed by atoms with E-state index < -0.39 is 43.6 Å². The molecule has 4 aromatic rings. The van der Waals surface area contributed by atoms with Crippen molar-refractivity contribution in [3.05, 3.63) is 128 Å². The number of methoxy groups -OCH3 is 2. The second-order valence-electron chi connectivity index (χ2n) is 13.8. The third-order valence-electron chi connectivity index (χ3n) is 9.65. The van der Waals surface area contributed by atoms with E-state index in [0.29, 0.717) is 11.5 Å². The molecule has 0 saturated carbocycles. The van der Waals surface area contributed by atoms with Crippen molar-refractivity contribution in [1.82, 2.24) is 9.55 Å². The van der Waals surface area contributed by atoms with Crippen molar-refractivity contribution in [2.75, 3.05) is 27.4 Å². The lowest BCUT2D eigenvalue weighted by atomic mass is 9.80. The van der Waals surface area contributed by atoms with Crippen molar-refractivity contribution in [1.29, 1.82) is 0 Å². The minimum atomic E-state index is -2.02. The maximum absolute atomic E-state index is 13.0. The lowest BCUT2D eigenvalue weighted by Gasteiger charge is -2.37. The molecule has 2 heterocycles. The summed E-state index contributed by atoms with van der Waals surface area (Å²) < 4.78 is 31.4. The van der Waals surface area contributed by atoms with Crippen LogP contribution in [0.5, 0.6) is 11.5 Å². The Kier molecular flexibility index (Phi) is 11.2. The molecule has 5 rings (SSSR count). The third kappa shape index (κ3) is 7.80. The van der Waals surface area contributed by atoms with Gasteiger partial charge >= 0.3 is 5.69 Å². The van der Waals surface area contributed by atoms with Crippen LogP contribution in [0.1, 0.15) is 55.7 Å². The van der Waals surface area contributed by atoms with Crippen molar-refractivity contribution in [2.45, 2.75) is 69.4 Å². The highest BCUT2D eigenvalue weighted by molar-refractivity contribution is 6.74. The standard InChI is InChI=1S/C39H46N2O8Si/c1-38(2,3)50(6,7)48-23-11-12-27-25-41(37(44)40-36(27)43)35-24-33(42)34(49-35)26-47-39(28-13-9-8-10-14-28,29-15-19-31(45-4)20-16-29)30-17-21-32(46-5)22-18-30/h8-10,13-22,25,33-35,42H,23-24,26H2,1-7H3,(H,40,43,44)/t33-,34+,35+/m0/s1. The highest BCUT2D eigenvalue weighted by Gasteiger charge is 2.42. The zero-order chi connectivity index (χ0) is 36.1. The Morgan fingerprint density at radius 2 is 1.46 bits per heavy atom. The maximum atomic E-state index is 13.0. The van der Waals surface area contributed by atoms with Crippen molar-refractivity contribution in [2.24, 2.45) is 0 Å². The van der Waals surface area contributed by atoms with Crippen LogP contribution < -0.4 is 20.7 Å². The van der Waals surface area contributed by atoms with Crippen LogP contribution in [-0.2, 0) is 19.5 Å². The van der Waals surface area contributed by atoms with Crippen LogP contribution in [0.25, 0.3) is 0 Å². The number of aromatic amines is 1. The van der Waals surface area contributed by atoms with Gasteiger partial charge in [0.2, 0.25) is 0 Å². The zero-order valence-corrected chi connectivity index (χ0v) is 30.7. The third-order valence-corrected chi connectivity index (χ3v) is 14.1. The predicted octanol–water partition coefficient (Wildman–Crippen LogP) is 5.58. The fourth-order valence-corrected chi connectivity index (χ4v) is 6.54. The van der Waals surface area contributed by atoms with Crippen LogP contribution in [0.3, 0.4) is 0 Å². The SMILES string of the molecule is COc1ccc(C(OC[C@H]2O[C@@H](n3cc(C#CCO[Si](C)(C)C(C)(C)C)c(=O)[nH]c3=O)C[C@@H]2O)(c2ccccc2)c2ccc(OC)cc2)cc1. The van der Waals surface area contributed by atoms with E-state index in [1.807, 2.05) is 78.9 Å². The molecule has 10 nitrogen and oxygen atoms in total. The average molecular weight is 699 g/mol. The Labute approximate surface area is 294 Å². The highest BCUT2D eigenvalue weighted by Crippen LogP contribution is 2.43. The molecule has 11 heteroatoms. The summed E-state index contributed by atoms with van der Waals surface area (Å²) in [5.74, 6) is 7.17. The minimum Gasteiger partial charge on any atom is -0.497 e. The smallest absolute Gasteiger partial charge is 0.330 e. The van der Waals surface area contributed by atoms with Gasteiger partial charge in [-0.25, -0.2) is 4.79 Å². The number of hydrogen-bond acceptors (Lipinski definition) is 8. The summed E-state index contributed by atoms with van der Waals surface area (Å²) in [7, 11) is 1.20. The summed E-state index contributed by atoms with van der Waals surface area (Å²) in [6.45, 7) is 10.8. The van der Waals surface area contributed by atoms with Gasteiger partial charge in [0.1, 0.15) is 35.0 Å². The van der Waals surface area contributed by atoms with E-state index in [-0.39, 0.29) is 30.2 Å². The molecule has 1 aliphatic heterocycles. The zero-order valence-electron chi connectivity index (χ0n) is 29.7. The van der Waals surface area contributed by atoms with Crippen LogP contribution in [-0.4, -0.2) is 62.6 Å². The van der Waals surface area contributed by atoms with Gasteiger partial charge < -0.3 is 28.5 Å². The van der Waals surface area contributed by atoms with Gasteiger partial charge in [-0.2, -0.15) is 0 Å². The lowest BCUT2D eigenvalue weighted by molar-refractivity contribution is -0.0944. The van der Waals surface area contributed by atoms with E-state index in [2.05, 4.69) is 50.7 Å². The number of rotatable bonds is 11. The van der Waals surface area contributed by atoms with Crippen LogP contribution in [0.2, 0.25) is 18.1 Å². The lowest BCUT2D eigenvalue weighted by Crippen LogP contribution is -2.40. The fraction of sp³-hybridized carbons (Fsp3) is 0.385. The quantitative estimate of drug-likeness (QED) is 0.118. The normalized spacial score (nSPS) is 18.0. The van der Waals surface area contributed by atoms with Gasteiger partial charge in [-0.05, 0) is 59.1 Å². The number of hydrogen-bond donors (Lipinski definition) is 2. The minimum absolute atomic E-state index is 0.0182. The Morgan fingerprint density at radius 3 is 2.00 bits per heavy atom. The Bertz CT molecular complexity index is 1870. The molecular weight excluding hydrogens is 653 g/mol. The molecule has 1 aromatic heterocycles. The number of aliphatic hydroxyl groups excluding tert-OH is 1. The highest BCUT2D eigenvalue weighted by atomic mass is 28.4. The molecule has 0 unspecified atom stereocenters. The largest absolute Gasteiger partial charge is 0.497 e. The van der Waals surface area contributed by atoms with Gasteiger partial charge in [0.15, 0.2) is 8.32 Å². The molecular formula is C39H46N2O8Si. The fourth-order valence-electron chi connectivity index (χ4n) is 5.67. The van der Waals surface area contributed by atoms with E-state index in [1.165, 1.54) is 10.8 Å². The van der Waals surface area contributed by atoms with Crippen molar-refractivity contribution >= 4 is 8.32 Å². The van der Waals surface area contributed by atoms with Gasteiger partial charge in [-0.1, -0.05) is 87.2 Å². The molecule has 1 aliphatic rings. The van der Waals surface area contributed by atoms with Crippen LogP contribution in [0, 0.1) is 11.8 Å². The molecule has 0 spiro atoms. The van der Waals surface area contributed by atoms with E-state index in [0.717, 1.165) is 16.7 Å². The monoisotopic (exact) mass is 698 g/mol. The molecule has 2 N–H and O–H groups in total. The van der Waals surface area contributed by atoms with Gasteiger partial charge in [-0.3, -0.25) is 14.3 Å². The molecule has 264 valence electrons. The van der Waals surface area contributed by atoms with Crippen LogP contribution in [0.4, 0.5) is 0 Å². The number of aliphatic hydroxyl groups is 1. The number of nitrogens with zero attached hydrogens (tertiary/aromatic N) is 1. The molecule has 0 radical (unpaired) electrons. The first-order valence-electron chi connectivity index (χ1n) is 16.6. The van der Waals surface area contributed by atoms with E-state index in [1.54, 1.807) is 14.2 Å². The molecule has 3 aromatic carbocycles. The molecule has 0 bridgehead atoms. The number of benzene rings is 3. The van der Waals surface area contributed by atoms with E-state index >= 15 is 0 Å². The Morgan fingerprint density at radius 1 is 0.900 bits per heavy atom. The second-order valence-corrected chi connectivity index (χ2v) is 18.6. The van der Waals surface area contributed by atoms with Crippen molar-refractivity contribution < 1.29 is 28.5 Å². The first-order valence-corrected chi connectivity index (χ1v) is 19.5. The first-order chi connectivity index (χ1) is 23.8. The summed E-state index contributed by atoms with van der Waals surface area (Å²) in [5, 5.41) is 11.2. The first kappa shape index (κ1) is 36.8. The summed E-state index contributed by atoms with van der Waals surface area (Å²) in [6.07, 6.45) is -1.15. The molecule has 3 atom stereocenters. The van der Waals surface area contributed by atoms with Gasteiger partial charge in [-0.15, -0.1) is 0 Å². The molecule has 0 amide bonds. The molecule has 0 aliphatic carbocycles. The summed E-state index contributed by atoms with van der Waals surface area (Å²) >= 11 is 0. The van der Waals surface area contributed by atoms with Crippen molar-refractivity contribution in [3.63, 3.8) is 0 Å². The Hall–Kier alpha value is -4.44. The predicted molar refractivity (Wildman–Crippen MR) is 194 cm³/mol. The average Bonchev–Trinajstić information content (AvgIpc) is 3.47. The summed E-state index contributed by atoms with van der Waals surface area (Å²) in [4.78, 5) is 28.0. The molecule has 50 heavy (non-hydrogen) atoms. The van der Waals surface area contributed by atoms with Gasteiger partial charge in [0.25, 0.3) is 5.56 Å². The topological polar surface area (TPSA) is 121 Å².